The largest absolute Gasteiger partial charge is 0.366 e. The molecule has 0 fully saturated rings. The molecule has 0 amide bonds. The summed E-state index contributed by atoms with van der Waals surface area (Å²) in [6.45, 7) is 4.16. The lowest BCUT2D eigenvalue weighted by Gasteiger charge is -2.36. The van der Waals surface area contributed by atoms with Crippen molar-refractivity contribution in [2.24, 2.45) is 0 Å². The monoisotopic (exact) mass is 252 g/mol. The minimum Gasteiger partial charge on any atom is -0.366 e. The van der Waals surface area contributed by atoms with Crippen molar-refractivity contribution in [3.8, 4) is 0 Å². The third-order valence-corrected chi connectivity index (χ3v) is 4.03. The average molecular weight is 252 g/mol. The van der Waals surface area contributed by atoms with E-state index < -0.39 is 0 Å². The molecule has 0 bridgehead atoms. The highest BCUT2D eigenvalue weighted by atomic mass is 15.2. The quantitative estimate of drug-likeness (QED) is 0.882. The lowest BCUT2D eigenvalue weighted by Crippen LogP contribution is -2.38. The van der Waals surface area contributed by atoms with Gasteiger partial charge in [0.15, 0.2) is 0 Å². The second-order valence-electron chi connectivity index (χ2n) is 5.24. The Morgan fingerprint density at radius 2 is 1.79 bits per heavy atom. The fourth-order valence-corrected chi connectivity index (χ4v) is 2.95. The minimum absolute atomic E-state index is 0.408. The second kappa shape index (κ2) is 5.06. The van der Waals surface area contributed by atoms with E-state index in [2.05, 4.69) is 72.7 Å². The van der Waals surface area contributed by atoms with Gasteiger partial charge in [-0.15, -0.1) is 0 Å². The van der Waals surface area contributed by atoms with Crippen molar-refractivity contribution < 1.29 is 0 Å². The summed E-state index contributed by atoms with van der Waals surface area (Å²) in [5.74, 6) is 0. The van der Waals surface area contributed by atoms with Gasteiger partial charge in [0.05, 0.1) is 6.04 Å². The van der Waals surface area contributed by atoms with E-state index in [4.69, 9.17) is 0 Å². The van der Waals surface area contributed by atoms with E-state index in [0.29, 0.717) is 6.04 Å². The number of hydrogen-bond acceptors (Lipinski definition) is 2. The van der Waals surface area contributed by atoms with Crippen LogP contribution in [0, 0.1) is 6.92 Å². The Balaban J connectivity index is 1.98. The molecule has 0 radical (unpaired) electrons. The highest BCUT2D eigenvalue weighted by Crippen LogP contribution is 2.31. The van der Waals surface area contributed by atoms with Gasteiger partial charge in [-0.3, -0.25) is 0 Å². The van der Waals surface area contributed by atoms with Crippen LogP contribution in [-0.2, 0) is 6.54 Å². The minimum atomic E-state index is 0.408. The molecule has 0 spiro atoms. The standard InChI is InChI=1S/C17H20N2/c1-13-7-3-6-10-16(13)19(2)17-12-18-11-14-8-4-5-9-15(14)17/h3-10,17-18H,11-12H2,1-2H3. The van der Waals surface area contributed by atoms with Crippen molar-refractivity contribution in [1.82, 2.24) is 5.32 Å². The first-order valence-corrected chi connectivity index (χ1v) is 6.84. The van der Waals surface area contributed by atoms with Crippen LogP contribution in [0.3, 0.4) is 0 Å². The van der Waals surface area contributed by atoms with Gasteiger partial charge in [-0.25, -0.2) is 0 Å². The summed E-state index contributed by atoms with van der Waals surface area (Å²) < 4.78 is 0. The first-order chi connectivity index (χ1) is 9.27. The zero-order valence-electron chi connectivity index (χ0n) is 11.6. The van der Waals surface area contributed by atoms with Crippen LogP contribution in [0.5, 0.6) is 0 Å². The number of benzene rings is 2. The Hall–Kier alpha value is -1.80. The fourth-order valence-electron chi connectivity index (χ4n) is 2.95. The van der Waals surface area contributed by atoms with Crippen LogP contribution in [-0.4, -0.2) is 13.6 Å². The Kier molecular flexibility index (Phi) is 3.26. The summed E-state index contributed by atoms with van der Waals surface area (Å²) in [7, 11) is 2.19. The highest BCUT2D eigenvalue weighted by molar-refractivity contribution is 5.55. The number of hydrogen-bond donors (Lipinski definition) is 1. The SMILES string of the molecule is Cc1ccccc1N(C)C1CNCc2ccccc21. The Labute approximate surface area is 115 Å². The molecule has 0 aliphatic carbocycles. The molecule has 1 aliphatic heterocycles. The Morgan fingerprint density at radius 3 is 2.63 bits per heavy atom. The van der Waals surface area contributed by atoms with Gasteiger partial charge in [0.25, 0.3) is 0 Å². The Bertz CT molecular complexity index is 577. The third kappa shape index (κ3) is 2.24. The number of rotatable bonds is 2. The van der Waals surface area contributed by atoms with Crippen molar-refractivity contribution >= 4 is 5.69 Å². The van der Waals surface area contributed by atoms with Crippen molar-refractivity contribution in [2.75, 3.05) is 18.5 Å². The van der Waals surface area contributed by atoms with E-state index in [1.54, 1.807) is 0 Å². The molecule has 1 N–H and O–H groups in total. The lowest BCUT2D eigenvalue weighted by molar-refractivity contribution is 0.534. The van der Waals surface area contributed by atoms with Gasteiger partial charge in [-0.1, -0.05) is 42.5 Å². The van der Waals surface area contributed by atoms with Crippen molar-refractivity contribution in [1.29, 1.82) is 0 Å². The smallest absolute Gasteiger partial charge is 0.0667 e. The number of fused-ring (bicyclic) bond motifs is 1. The molecule has 2 aromatic carbocycles. The first kappa shape index (κ1) is 12.2. The van der Waals surface area contributed by atoms with Crippen LogP contribution < -0.4 is 10.2 Å². The molecule has 0 saturated carbocycles. The van der Waals surface area contributed by atoms with Gasteiger partial charge >= 0.3 is 0 Å². The maximum Gasteiger partial charge on any atom is 0.0667 e. The second-order valence-corrected chi connectivity index (χ2v) is 5.24. The molecule has 2 aromatic rings. The molecule has 2 nitrogen and oxygen atoms in total. The van der Waals surface area contributed by atoms with Gasteiger partial charge < -0.3 is 10.2 Å². The number of nitrogens with zero attached hydrogens (tertiary/aromatic N) is 1. The number of likely N-dealkylation sites (N-methyl/N-ethyl adjacent to an activating group) is 1. The summed E-state index contributed by atoms with van der Waals surface area (Å²) in [5, 5.41) is 3.52. The van der Waals surface area contributed by atoms with E-state index in [1.807, 2.05) is 0 Å². The van der Waals surface area contributed by atoms with Gasteiger partial charge in [-0.05, 0) is 29.7 Å². The van der Waals surface area contributed by atoms with E-state index in [9.17, 15) is 0 Å². The molecule has 19 heavy (non-hydrogen) atoms. The summed E-state index contributed by atoms with van der Waals surface area (Å²) in [4.78, 5) is 2.39. The molecular weight excluding hydrogens is 232 g/mol. The third-order valence-electron chi connectivity index (χ3n) is 4.03. The maximum absolute atomic E-state index is 3.52. The average Bonchev–Trinajstić information content (AvgIpc) is 2.46. The maximum atomic E-state index is 3.52. The summed E-state index contributed by atoms with van der Waals surface area (Å²) >= 11 is 0. The first-order valence-electron chi connectivity index (χ1n) is 6.84. The van der Waals surface area contributed by atoms with E-state index >= 15 is 0 Å². The summed E-state index contributed by atoms with van der Waals surface area (Å²) in [6.07, 6.45) is 0. The lowest BCUT2D eigenvalue weighted by atomic mass is 9.95. The number of anilines is 1. The van der Waals surface area contributed by atoms with Crippen LogP contribution in [0.25, 0.3) is 0 Å². The van der Waals surface area contributed by atoms with E-state index in [1.165, 1.54) is 22.4 Å². The molecule has 0 aromatic heterocycles. The molecule has 1 aliphatic rings. The molecule has 98 valence electrons. The van der Waals surface area contributed by atoms with Crippen LogP contribution in [0.15, 0.2) is 48.5 Å². The number of aryl methyl sites for hydroxylation is 1. The predicted octanol–water partition coefficient (Wildman–Crippen LogP) is 3.28. The topological polar surface area (TPSA) is 15.3 Å². The molecule has 1 heterocycles. The van der Waals surface area contributed by atoms with Crippen LogP contribution >= 0.6 is 0 Å². The van der Waals surface area contributed by atoms with Gasteiger partial charge in [0.2, 0.25) is 0 Å². The summed E-state index contributed by atoms with van der Waals surface area (Å²) in [5.41, 5.74) is 5.50. The predicted molar refractivity (Wildman–Crippen MR) is 80.5 cm³/mol. The van der Waals surface area contributed by atoms with Gasteiger partial charge in [0.1, 0.15) is 0 Å². The fraction of sp³-hybridized carbons (Fsp3) is 0.294. The number of nitrogens with one attached hydrogen (secondary N) is 1. The highest BCUT2D eigenvalue weighted by Gasteiger charge is 2.23. The van der Waals surface area contributed by atoms with Crippen molar-refractivity contribution in [3.05, 3.63) is 65.2 Å². The molecule has 2 heteroatoms. The molecule has 1 unspecified atom stereocenters. The normalized spacial score (nSPS) is 17.9. The molecular formula is C17H20N2. The van der Waals surface area contributed by atoms with Crippen LogP contribution in [0.2, 0.25) is 0 Å². The Morgan fingerprint density at radius 1 is 1.05 bits per heavy atom. The zero-order chi connectivity index (χ0) is 13.2. The zero-order valence-corrected chi connectivity index (χ0v) is 11.6. The van der Waals surface area contributed by atoms with Crippen LogP contribution in [0.4, 0.5) is 5.69 Å². The molecule has 0 saturated heterocycles. The van der Waals surface area contributed by atoms with E-state index in [-0.39, 0.29) is 0 Å². The van der Waals surface area contributed by atoms with Gasteiger partial charge in [0, 0.05) is 25.8 Å². The van der Waals surface area contributed by atoms with Crippen LogP contribution in [0.1, 0.15) is 22.7 Å². The molecule has 1 atom stereocenters. The summed E-state index contributed by atoms with van der Waals surface area (Å²) in [6, 6.07) is 17.7. The van der Waals surface area contributed by atoms with Crippen molar-refractivity contribution in [2.45, 2.75) is 19.5 Å². The number of para-hydroxylation sites is 1. The van der Waals surface area contributed by atoms with E-state index in [0.717, 1.165) is 13.1 Å². The van der Waals surface area contributed by atoms with Gasteiger partial charge in [-0.2, -0.15) is 0 Å². The molecule has 3 rings (SSSR count). The van der Waals surface area contributed by atoms with Crippen molar-refractivity contribution in [3.63, 3.8) is 0 Å².